The second-order valence-electron chi connectivity index (χ2n) is 3.79. The van der Waals surface area contributed by atoms with Crippen molar-refractivity contribution in [3.05, 3.63) is 52.4 Å². The van der Waals surface area contributed by atoms with Crippen molar-refractivity contribution >= 4 is 21.7 Å². The maximum absolute atomic E-state index is 6.12. The Morgan fingerprint density at radius 3 is 2.88 bits per heavy atom. The van der Waals surface area contributed by atoms with Gasteiger partial charge in [-0.1, -0.05) is 6.07 Å². The smallest absolute Gasteiger partial charge is 0.126 e. The summed E-state index contributed by atoms with van der Waals surface area (Å²) < 4.78 is 0.921. The van der Waals surface area contributed by atoms with Crippen LogP contribution >= 0.6 is 15.9 Å². The summed E-state index contributed by atoms with van der Waals surface area (Å²) in [7, 11) is 0. The van der Waals surface area contributed by atoms with Crippen LogP contribution in [0.1, 0.15) is 17.2 Å². The van der Waals surface area contributed by atoms with Gasteiger partial charge in [0.2, 0.25) is 0 Å². The van der Waals surface area contributed by atoms with Crippen molar-refractivity contribution in [2.45, 2.75) is 12.5 Å². The highest BCUT2D eigenvalue weighted by atomic mass is 79.9. The summed E-state index contributed by atoms with van der Waals surface area (Å²) in [5.74, 6) is 0.533. The van der Waals surface area contributed by atoms with Crippen molar-refractivity contribution in [2.24, 2.45) is 5.73 Å². The molecule has 0 saturated heterocycles. The van der Waals surface area contributed by atoms with Crippen molar-refractivity contribution in [1.82, 2.24) is 9.97 Å². The zero-order valence-corrected chi connectivity index (χ0v) is 10.8. The van der Waals surface area contributed by atoms with E-state index in [1.807, 2.05) is 18.2 Å². The van der Waals surface area contributed by atoms with Crippen LogP contribution in [-0.2, 0) is 6.42 Å². The molecule has 0 saturated carbocycles. The third-order valence-electron chi connectivity index (χ3n) is 2.52. The molecule has 2 aromatic heterocycles. The molecule has 0 aliphatic carbocycles. The van der Waals surface area contributed by atoms with Crippen molar-refractivity contribution in [3.63, 3.8) is 0 Å². The molecule has 2 aromatic rings. The maximum atomic E-state index is 6.12. The average molecular weight is 293 g/mol. The quantitative estimate of drug-likeness (QED) is 0.908. The summed E-state index contributed by atoms with van der Waals surface area (Å²) in [6, 6.07) is 5.63. The Labute approximate surface area is 108 Å². The number of hydrogen-bond donors (Lipinski definition) is 2. The molecule has 0 fully saturated rings. The molecule has 2 rings (SSSR count). The van der Waals surface area contributed by atoms with Gasteiger partial charge in [0, 0.05) is 29.1 Å². The largest absolute Gasteiger partial charge is 0.383 e. The minimum absolute atomic E-state index is 0.133. The number of halogens is 1. The van der Waals surface area contributed by atoms with E-state index in [9.17, 15) is 0 Å². The number of nitrogens with zero attached hydrogens (tertiary/aromatic N) is 2. The Balaban J connectivity index is 2.17. The molecule has 1 atom stereocenters. The molecule has 0 aromatic carbocycles. The fourth-order valence-electron chi connectivity index (χ4n) is 1.61. The molecule has 5 heteroatoms. The van der Waals surface area contributed by atoms with E-state index < -0.39 is 0 Å². The van der Waals surface area contributed by atoms with Crippen molar-refractivity contribution < 1.29 is 0 Å². The summed E-state index contributed by atoms with van der Waals surface area (Å²) in [4.78, 5) is 8.14. The second kappa shape index (κ2) is 5.25. The normalized spacial score (nSPS) is 12.4. The van der Waals surface area contributed by atoms with E-state index in [1.165, 1.54) is 0 Å². The number of nitrogen functional groups attached to an aromatic ring is 1. The van der Waals surface area contributed by atoms with Gasteiger partial charge in [-0.2, -0.15) is 0 Å². The predicted molar refractivity (Wildman–Crippen MR) is 71.2 cm³/mol. The van der Waals surface area contributed by atoms with Crippen molar-refractivity contribution in [2.75, 3.05) is 5.73 Å². The van der Waals surface area contributed by atoms with E-state index in [-0.39, 0.29) is 6.04 Å². The zero-order valence-electron chi connectivity index (χ0n) is 9.18. The number of aromatic nitrogens is 2. The van der Waals surface area contributed by atoms with Gasteiger partial charge in [-0.3, -0.25) is 4.98 Å². The van der Waals surface area contributed by atoms with E-state index in [0.717, 1.165) is 15.6 Å². The standard InChI is InChI=1S/C12H13BrN4/c13-10-4-9(6-16-7-10)11(14)5-8-2-1-3-17-12(8)15/h1-4,6-7,11H,5,14H2,(H2,15,17). The molecule has 2 heterocycles. The third kappa shape index (κ3) is 3.01. The SMILES string of the molecule is Nc1ncccc1CC(N)c1cncc(Br)c1. The number of rotatable bonds is 3. The van der Waals surface area contributed by atoms with Gasteiger partial charge in [-0.05, 0) is 45.6 Å². The predicted octanol–water partition coefficient (Wildman–Crippen LogP) is 2.06. The number of nitrogens with two attached hydrogens (primary N) is 2. The van der Waals surface area contributed by atoms with E-state index >= 15 is 0 Å². The molecule has 0 aliphatic heterocycles. The molecule has 0 aliphatic rings. The van der Waals surface area contributed by atoms with E-state index in [1.54, 1.807) is 18.6 Å². The topological polar surface area (TPSA) is 77.8 Å². The Hall–Kier alpha value is -1.46. The van der Waals surface area contributed by atoms with Crippen LogP contribution in [0.3, 0.4) is 0 Å². The second-order valence-corrected chi connectivity index (χ2v) is 4.71. The third-order valence-corrected chi connectivity index (χ3v) is 2.95. The van der Waals surface area contributed by atoms with Crippen LogP contribution < -0.4 is 11.5 Å². The molecule has 0 radical (unpaired) electrons. The van der Waals surface area contributed by atoms with Gasteiger partial charge in [0.05, 0.1) is 0 Å². The molecule has 4 N–H and O–H groups in total. The average Bonchev–Trinajstić information content (AvgIpc) is 2.32. The van der Waals surface area contributed by atoms with Crippen molar-refractivity contribution in [1.29, 1.82) is 0 Å². The van der Waals surface area contributed by atoms with Gasteiger partial charge < -0.3 is 11.5 Å². The minimum atomic E-state index is -0.133. The van der Waals surface area contributed by atoms with Gasteiger partial charge in [0.1, 0.15) is 5.82 Å². The maximum Gasteiger partial charge on any atom is 0.126 e. The van der Waals surface area contributed by atoms with E-state index in [0.29, 0.717) is 12.2 Å². The molecule has 17 heavy (non-hydrogen) atoms. The number of pyridine rings is 2. The lowest BCUT2D eigenvalue weighted by molar-refractivity contribution is 0.717. The van der Waals surface area contributed by atoms with Crippen LogP contribution in [0.25, 0.3) is 0 Å². The highest BCUT2D eigenvalue weighted by Gasteiger charge is 2.10. The van der Waals surface area contributed by atoms with Crippen LogP contribution in [0, 0.1) is 0 Å². The van der Waals surface area contributed by atoms with Gasteiger partial charge in [-0.15, -0.1) is 0 Å². The highest BCUT2D eigenvalue weighted by Crippen LogP contribution is 2.20. The fourth-order valence-corrected chi connectivity index (χ4v) is 1.99. The monoisotopic (exact) mass is 292 g/mol. The fraction of sp³-hybridized carbons (Fsp3) is 0.167. The van der Waals surface area contributed by atoms with E-state index in [4.69, 9.17) is 11.5 Å². The molecule has 0 bridgehead atoms. The zero-order chi connectivity index (χ0) is 12.3. The first kappa shape index (κ1) is 12.0. The van der Waals surface area contributed by atoms with Crippen molar-refractivity contribution in [3.8, 4) is 0 Å². The summed E-state index contributed by atoms with van der Waals surface area (Å²) >= 11 is 3.38. The van der Waals surface area contributed by atoms with Gasteiger partial charge in [0.15, 0.2) is 0 Å². The Morgan fingerprint density at radius 1 is 1.35 bits per heavy atom. The summed E-state index contributed by atoms with van der Waals surface area (Å²) in [6.45, 7) is 0. The van der Waals surface area contributed by atoms with Crippen LogP contribution in [0.15, 0.2) is 41.3 Å². The molecular weight excluding hydrogens is 280 g/mol. The number of anilines is 1. The van der Waals surface area contributed by atoms with Crippen LogP contribution in [0.2, 0.25) is 0 Å². The Kier molecular flexibility index (Phi) is 3.71. The van der Waals surface area contributed by atoms with Gasteiger partial charge >= 0.3 is 0 Å². The van der Waals surface area contributed by atoms with E-state index in [2.05, 4.69) is 25.9 Å². The van der Waals surface area contributed by atoms with Crippen LogP contribution in [0.4, 0.5) is 5.82 Å². The Morgan fingerprint density at radius 2 is 2.18 bits per heavy atom. The summed E-state index contributed by atoms with van der Waals surface area (Å²) in [5.41, 5.74) is 13.8. The molecule has 88 valence electrons. The lowest BCUT2D eigenvalue weighted by Crippen LogP contribution is -2.14. The van der Waals surface area contributed by atoms with Crippen LogP contribution in [0.5, 0.6) is 0 Å². The van der Waals surface area contributed by atoms with Crippen LogP contribution in [-0.4, -0.2) is 9.97 Å². The summed E-state index contributed by atoms with van der Waals surface area (Å²) in [5, 5.41) is 0. The molecule has 4 nitrogen and oxygen atoms in total. The molecule has 1 unspecified atom stereocenters. The lowest BCUT2D eigenvalue weighted by atomic mass is 10.0. The first-order valence-electron chi connectivity index (χ1n) is 5.22. The minimum Gasteiger partial charge on any atom is -0.383 e. The first-order valence-corrected chi connectivity index (χ1v) is 6.01. The molecule has 0 amide bonds. The first-order chi connectivity index (χ1) is 8.16. The highest BCUT2D eigenvalue weighted by molar-refractivity contribution is 9.10. The molecular formula is C12H13BrN4. The lowest BCUT2D eigenvalue weighted by Gasteiger charge is -2.12. The van der Waals surface area contributed by atoms with Gasteiger partial charge in [-0.25, -0.2) is 4.98 Å². The number of hydrogen-bond acceptors (Lipinski definition) is 4. The molecule has 0 spiro atoms. The Bertz CT molecular complexity index is 515. The van der Waals surface area contributed by atoms with Gasteiger partial charge in [0.25, 0.3) is 0 Å². The summed E-state index contributed by atoms with van der Waals surface area (Å²) in [6.07, 6.45) is 5.82.